The highest BCUT2D eigenvalue weighted by Gasteiger charge is 2.52. The zero-order valence-electron chi connectivity index (χ0n) is 8.27. The van der Waals surface area contributed by atoms with Gasteiger partial charge in [-0.2, -0.15) is 0 Å². The van der Waals surface area contributed by atoms with Gasteiger partial charge < -0.3 is 10.2 Å². The Morgan fingerprint density at radius 2 is 2.17 bits per heavy atom. The average molecular weight is 168 g/mol. The van der Waals surface area contributed by atoms with Gasteiger partial charge in [0.1, 0.15) is 0 Å². The minimum Gasteiger partial charge on any atom is -0.316 e. The molecule has 0 amide bonds. The molecule has 1 aliphatic heterocycles. The van der Waals surface area contributed by atoms with Gasteiger partial charge in [0, 0.05) is 6.04 Å². The number of nitrogens with zero attached hydrogens (tertiary/aromatic N) is 1. The molecular weight excluding hydrogens is 148 g/mol. The first kappa shape index (κ1) is 8.52. The van der Waals surface area contributed by atoms with Crippen LogP contribution in [-0.4, -0.2) is 38.1 Å². The molecule has 2 atom stereocenters. The minimum absolute atomic E-state index is 0.708. The zero-order chi connectivity index (χ0) is 8.60. The Labute approximate surface area is 75.3 Å². The van der Waals surface area contributed by atoms with Crippen molar-refractivity contribution in [1.82, 2.24) is 10.2 Å². The van der Waals surface area contributed by atoms with E-state index in [1.807, 2.05) is 0 Å². The monoisotopic (exact) mass is 168 g/mol. The summed E-state index contributed by atoms with van der Waals surface area (Å²) in [5.41, 5.74) is 0.708. The molecule has 0 aromatic carbocycles. The molecule has 0 aromatic heterocycles. The van der Waals surface area contributed by atoms with Gasteiger partial charge >= 0.3 is 0 Å². The van der Waals surface area contributed by atoms with Gasteiger partial charge in [-0.15, -0.1) is 0 Å². The van der Waals surface area contributed by atoms with Gasteiger partial charge in [-0.05, 0) is 58.3 Å². The van der Waals surface area contributed by atoms with E-state index in [2.05, 4.69) is 24.3 Å². The van der Waals surface area contributed by atoms with Crippen LogP contribution in [0.25, 0.3) is 0 Å². The first-order chi connectivity index (χ1) is 5.77. The highest BCUT2D eigenvalue weighted by atomic mass is 15.1. The maximum atomic E-state index is 3.42. The Morgan fingerprint density at radius 1 is 1.33 bits per heavy atom. The molecule has 2 rings (SSSR count). The number of hydrogen-bond acceptors (Lipinski definition) is 2. The molecule has 1 spiro atoms. The second-order valence-corrected chi connectivity index (χ2v) is 4.56. The van der Waals surface area contributed by atoms with Gasteiger partial charge in [-0.25, -0.2) is 0 Å². The highest BCUT2D eigenvalue weighted by molar-refractivity contribution is 5.07. The third kappa shape index (κ3) is 1.38. The predicted molar refractivity (Wildman–Crippen MR) is 51.2 cm³/mol. The van der Waals surface area contributed by atoms with Crippen molar-refractivity contribution in [2.45, 2.75) is 31.7 Å². The van der Waals surface area contributed by atoms with E-state index in [1.165, 1.54) is 38.8 Å². The topological polar surface area (TPSA) is 15.3 Å². The molecule has 2 nitrogen and oxygen atoms in total. The molecule has 0 radical (unpaired) electrons. The average Bonchev–Trinajstić information content (AvgIpc) is 2.79. The lowest BCUT2D eigenvalue weighted by atomic mass is 9.96. The van der Waals surface area contributed by atoms with Crippen molar-refractivity contribution in [2.24, 2.45) is 5.41 Å². The summed E-state index contributed by atoms with van der Waals surface area (Å²) in [7, 11) is 4.35. The first-order valence-corrected chi connectivity index (χ1v) is 5.13. The number of nitrogens with one attached hydrogen (secondary N) is 1. The van der Waals surface area contributed by atoms with Crippen LogP contribution in [0.5, 0.6) is 0 Å². The Morgan fingerprint density at radius 3 is 2.83 bits per heavy atom. The van der Waals surface area contributed by atoms with E-state index in [0.29, 0.717) is 5.41 Å². The fourth-order valence-electron chi connectivity index (χ4n) is 2.66. The summed E-state index contributed by atoms with van der Waals surface area (Å²) in [6.45, 7) is 2.61. The number of likely N-dealkylation sites (tertiary alicyclic amines) is 1. The molecular formula is C10H20N2. The summed E-state index contributed by atoms with van der Waals surface area (Å²) in [4.78, 5) is 2.47. The lowest BCUT2D eigenvalue weighted by Crippen LogP contribution is -2.21. The largest absolute Gasteiger partial charge is 0.316 e. The van der Waals surface area contributed by atoms with E-state index >= 15 is 0 Å². The summed E-state index contributed by atoms with van der Waals surface area (Å²) in [5.74, 6) is 0. The van der Waals surface area contributed by atoms with E-state index < -0.39 is 0 Å². The summed E-state index contributed by atoms with van der Waals surface area (Å²) in [6, 6.07) is 0.837. The number of hydrogen-bond donors (Lipinski definition) is 1. The molecule has 2 heteroatoms. The van der Waals surface area contributed by atoms with Crippen LogP contribution >= 0.6 is 0 Å². The van der Waals surface area contributed by atoms with Gasteiger partial charge in [0.2, 0.25) is 0 Å². The van der Waals surface area contributed by atoms with Crippen molar-refractivity contribution >= 4 is 0 Å². The van der Waals surface area contributed by atoms with Gasteiger partial charge in [0.05, 0.1) is 0 Å². The van der Waals surface area contributed by atoms with E-state index in [-0.39, 0.29) is 0 Å². The summed E-state index contributed by atoms with van der Waals surface area (Å²) in [5, 5.41) is 3.42. The number of rotatable bonds is 1. The first-order valence-electron chi connectivity index (χ1n) is 5.13. The lowest BCUT2D eigenvalue weighted by molar-refractivity contribution is 0.334. The van der Waals surface area contributed by atoms with Crippen molar-refractivity contribution in [3.63, 3.8) is 0 Å². The molecule has 1 heterocycles. The fourth-order valence-corrected chi connectivity index (χ4v) is 2.66. The summed E-state index contributed by atoms with van der Waals surface area (Å²) >= 11 is 0. The molecule has 2 aliphatic rings. The van der Waals surface area contributed by atoms with Crippen LogP contribution in [0.1, 0.15) is 25.7 Å². The maximum absolute atomic E-state index is 3.42. The van der Waals surface area contributed by atoms with Crippen LogP contribution in [-0.2, 0) is 0 Å². The smallest absolute Gasteiger partial charge is 0.0127 e. The third-order valence-corrected chi connectivity index (χ3v) is 3.74. The van der Waals surface area contributed by atoms with Gasteiger partial charge in [-0.1, -0.05) is 0 Å². The van der Waals surface area contributed by atoms with Crippen molar-refractivity contribution in [3.05, 3.63) is 0 Å². The molecule has 1 aliphatic carbocycles. The standard InChI is InChI=1S/C10H20N2/c1-11-9-8-10(9)4-3-6-12(2)7-5-10/h9,11H,3-8H2,1-2H3. The maximum Gasteiger partial charge on any atom is 0.0127 e. The molecule has 0 bridgehead atoms. The Kier molecular flexibility index (Phi) is 2.13. The molecule has 2 fully saturated rings. The highest BCUT2D eigenvalue weighted by Crippen LogP contribution is 2.53. The molecule has 70 valence electrons. The van der Waals surface area contributed by atoms with Crippen LogP contribution in [0.3, 0.4) is 0 Å². The van der Waals surface area contributed by atoms with Crippen LogP contribution < -0.4 is 5.32 Å². The SMILES string of the molecule is CNC1CC12CCCN(C)CC2. The van der Waals surface area contributed by atoms with Crippen molar-refractivity contribution in [2.75, 3.05) is 27.2 Å². The van der Waals surface area contributed by atoms with Gasteiger partial charge in [0.15, 0.2) is 0 Å². The predicted octanol–water partition coefficient (Wildman–Crippen LogP) is 1.08. The Bertz CT molecular complexity index is 169. The zero-order valence-corrected chi connectivity index (χ0v) is 8.27. The van der Waals surface area contributed by atoms with Crippen molar-refractivity contribution in [1.29, 1.82) is 0 Å². The Hall–Kier alpha value is -0.0800. The van der Waals surface area contributed by atoms with Crippen molar-refractivity contribution in [3.8, 4) is 0 Å². The summed E-state index contributed by atoms with van der Waals surface area (Å²) in [6.07, 6.45) is 5.68. The molecule has 0 aromatic rings. The van der Waals surface area contributed by atoms with E-state index in [1.54, 1.807) is 0 Å². The molecule has 1 saturated carbocycles. The van der Waals surface area contributed by atoms with Crippen molar-refractivity contribution < 1.29 is 0 Å². The fraction of sp³-hybridized carbons (Fsp3) is 1.00. The normalized spacial score (nSPS) is 43.0. The van der Waals surface area contributed by atoms with Crippen LogP contribution in [0.4, 0.5) is 0 Å². The second kappa shape index (κ2) is 3.00. The van der Waals surface area contributed by atoms with Gasteiger partial charge in [0.25, 0.3) is 0 Å². The van der Waals surface area contributed by atoms with Crippen LogP contribution in [0, 0.1) is 5.41 Å². The van der Waals surface area contributed by atoms with E-state index in [9.17, 15) is 0 Å². The third-order valence-electron chi connectivity index (χ3n) is 3.74. The molecule has 1 saturated heterocycles. The van der Waals surface area contributed by atoms with Crippen LogP contribution in [0.2, 0.25) is 0 Å². The second-order valence-electron chi connectivity index (χ2n) is 4.56. The molecule has 1 N–H and O–H groups in total. The lowest BCUT2D eigenvalue weighted by Gasteiger charge is -2.14. The van der Waals surface area contributed by atoms with Gasteiger partial charge in [-0.3, -0.25) is 0 Å². The molecule has 12 heavy (non-hydrogen) atoms. The Balaban J connectivity index is 1.92. The van der Waals surface area contributed by atoms with E-state index in [4.69, 9.17) is 0 Å². The van der Waals surface area contributed by atoms with E-state index in [0.717, 1.165) is 6.04 Å². The van der Waals surface area contributed by atoms with Crippen LogP contribution in [0.15, 0.2) is 0 Å². The quantitative estimate of drug-likeness (QED) is 0.630. The minimum atomic E-state index is 0.708. The molecule has 2 unspecified atom stereocenters. The summed E-state index contributed by atoms with van der Waals surface area (Å²) < 4.78 is 0.